The first kappa shape index (κ1) is 11.1. The summed E-state index contributed by atoms with van der Waals surface area (Å²) >= 11 is 0. The molecular weight excluding hydrogens is 200 g/mol. The van der Waals surface area contributed by atoms with Gasteiger partial charge in [0.2, 0.25) is 5.91 Å². The number of rotatable bonds is 4. The molecule has 1 aromatic rings. The van der Waals surface area contributed by atoms with E-state index in [9.17, 15) is 4.79 Å². The molecule has 1 aromatic carbocycles. The van der Waals surface area contributed by atoms with E-state index in [-0.39, 0.29) is 5.91 Å². The molecule has 0 atom stereocenters. The third kappa shape index (κ3) is 2.61. The maximum Gasteiger partial charge on any atom is 0.228 e. The first-order chi connectivity index (χ1) is 7.65. The summed E-state index contributed by atoms with van der Waals surface area (Å²) in [4.78, 5) is 11.2. The molecule has 0 bridgehead atoms. The summed E-state index contributed by atoms with van der Waals surface area (Å²) in [6.45, 7) is 5.27. The third-order valence-electron chi connectivity index (χ3n) is 2.76. The van der Waals surface area contributed by atoms with Crippen molar-refractivity contribution in [3.63, 3.8) is 0 Å². The zero-order valence-electron chi connectivity index (χ0n) is 9.84. The summed E-state index contributed by atoms with van der Waals surface area (Å²) < 4.78 is 0. The smallest absolute Gasteiger partial charge is 0.228 e. The van der Waals surface area contributed by atoms with Crippen LogP contribution in [0.1, 0.15) is 25.0 Å². The normalized spacial score (nSPS) is 14.1. The van der Waals surface area contributed by atoms with E-state index in [1.165, 1.54) is 5.56 Å². The van der Waals surface area contributed by atoms with Gasteiger partial charge >= 0.3 is 0 Å². The molecule has 16 heavy (non-hydrogen) atoms. The lowest BCUT2D eigenvalue weighted by molar-refractivity contribution is -0.115. The van der Waals surface area contributed by atoms with Crippen molar-refractivity contribution in [3.05, 3.63) is 29.3 Å². The van der Waals surface area contributed by atoms with E-state index >= 15 is 0 Å². The number of hydrogen-bond acceptors (Lipinski definition) is 2. The molecule has 3 heteroatoms. The molecule has 86 valence electrons. The van der Waals surface area contributed by atoms with Gasteiger partial charge in [0, 0.05) is 11.7 Å². The van der Waals surface area contributed by atoms with Crippen LogP contribution in [-0.4, -0.2) is 18.5 Å². The van der Waals surface area contributed by atoms with Crippen LogP contribution in [-0.2, 0) is 17.6 Å². The van der Waals surface area contributed by atoms with Crippen LogP contribution < -0.4 is 10.6 Å². The highest BCUT2D eigenvalue weighted by atomic mass is 16.1. The Morgan fingerprint density at radius 2 is 2.25 bits per heavy atom. The molecule has 0 radical (unpaired) electrons. The van der Waals surface area contributed by atoms with Gasteiger partial charge in [-0.05, 0) is 30.2 Å². The highest BCUT2D eigenvalue weighted by Gasteiger charge is 2.17. The predicted octanol–water partition coefficient (Wildman–Crippen LogP) is 1.72. The van der Waals surface area contributed by atoms with Gasteiger partial charge in [0.15, 0.2) is 0 Å². The minimum Gasteiger partial charge on any atom is -0.326 e. The first-order valence-corrected chi connectivity index (χ1v) is 5.80. The van der Waals surface area contributed by atoms with Gasteiger partial charge in [0.25, 0.3) is 0 Å². The molecule has 0 saturated heterocycles. The second-order valence-electron chi connectivity index (χ2n) is 4.58. The van der Waals surface area contributed by atoms with Gasteiger partial charge in [-0.3, -0.25) is 4.79 Å². The fourth-order valence-corrected chi connectivity index (χ4v) is 1.94. The van der Waals surface area contributed by atoms with Crippen molar-refractivity contribution in [3.8, 4) is 0 Å². The van der Waals surface area contributed by atoms with E-state index in [0.29, 0.717) is 12.5 Å². The van der Waals surface area contributed by atoms with Crippen LogP contribution in [0.4, 0.5) is 5.69 Å². The fourth-order valence-electron chi connectivity index (χ4n) is 1.94. The van der Waals surface area contributed by atoms with E-state index in [4.69, 9.17) is 0 Å². The number of amides is 1. The Morgan fingerprint density at radius 1 is 1.44 bits per heavy atom. The number of hydrogen-bond donors (Lipinski definition) is 2. The highest BCUT2D eigenvalue weighted by Crippen LogP contribution is 2.23. The second kappa shape index (κ2) is 4.66. The summed E-state index contributed by atoms with van der Waals surface area (Å²) in [6, 6.07) is 6.75. The lowest BCUT2D eigenvalue weighted by atomic mass is 10.1. The maximum absolute atomic E-state index is 11.2. The van der Waals surface area contributed by atoms with Crippen molar-refractivity contribution < 1.29 is 4.79 Å². The second-order valence-corrected chi connectivity index (χ2v) is 4.58. The summed E-state index contributed by atoms with van der Waals surface area (Å²) in [5.41, 5.74) is 3.40. The topological polar surface area (TPSA) is 41.1 Å². The Morgan fingerprint density at radius 3 is 3.00 bits per heavy atom. The predicted molar refractivity (Wildman–Crippen MR) is 65.6 cm³/mol. The van der Waals surface area contributed by atoms with Gasteiger partial charge in [-0.2, -0.15) is 0 Å². The number of anilines is 1. The fraction of sp³-hybridized carbons (Fsp3) is 0.462. The Bertz CT molecular complexity index is 399. The number of benzene rings is 1. The van der Waals surface area contributed by atoms with Crippen LogP contribution in [0.15, 0.2) is 18.2 Å². The molecule has 2 rings (SSSR count). The quantitative estimate of drug-likeness (QED) is 0.808. The van der Waals surface area contributed by atoms with E-state index in [1.54, 1.807) is 0 Å². The van der Waals surface area contributed by atoms with Gasteiger partial charge in [-0.25, -0.2) is 0 Å². The Kier molecular flexibility index (Phi) is 3.25. The van der Waals surface area contributed by atoms with Gasteiger partial charge < -0.3 is 10.6 Å². The van der Waals surface area contributed by atoms with Crippen LogP contribution in [0, 0.1) is 0 Å². The van der Waals surface area contributed by atoms with Crippen LogP contribution >= 0.6 is 0 Å². The molecule has 1 aliphatic rings. The molecule has 2 N–H and O–H groups in total. The highest BCUT2D eigenvalue weighted by molar-refractivity contribution is 5.99. The molecule has 0 aromatic heterocycles. The summed E-state index contributed by atoms with van der Waals surface area (Å²) in [7, 11) is 0. The van der Waals surface area contributed by atoms with E-state index in [2.05, 4.69) is 36.6 Å². The molecule has 0 aliphatic carbocycles. The third-order valence-corrected chi connectivity index (χ3v) is 2.76. The molecule has 0 spiro atoms. The molecule has 1 heterocycles. The van der Waals surface area contributed by atoms with Gasteiger partial charge in [-0.1, -0.05) is 26.0 Å². The molecule has 1 amide bonds. The van der Waals surface area contributed by atoms with Crippen LogP contribution in [0.2, 0.25) is 0 Å². The number of carbonyl (C=O) groups is 1. The SMILES string of the molecule is CC(C)NCCc1ccc2c(c1)CC(=O)N2. The molecule has 0 fully saturated rings. The van der Waals surface area contributed by atoms with E-state index in [0.717, 1.165) is 24.2 Å². The van der Waals surface area contributed by atoms with Gasteiger partial charge in [0.1, 0.15) is 0 Å². The number of nitrogens with one attached hydrogen (secondary N) is 2. The minimum atomic E-state index is 0.104. The van der Waals surface area contributed by atoms with Gasteiger partial charge in [0.05, 0.1) is 6.42 Å². The van der Waals surface area contributed by atoms with Crippen molar-refractivity contribution >= 4 is 11.6 Å². The van der Waals surface area contributed by atoms with Crippen molar-refractivity contribution in [2.45, 2.75) is 32.7 Å². The first-order valence-electron chi connectivity index (χ1n) is 5.80. The lowest BCUT2D eigenvalue weighted by Crippen LogP contribution is -2.24. The molecule has 0 unspecified atom stereocenters. The molecule has 3 nitrogen and oxygen atoms in total. The zero-order valence-corrected chi connectivity index (χ0v) is 9.84. The average Bonchev–Trinajstić information content (AvgIpc) is 2.56. The number of fused-ring (bicyclic) bond motifs is 1. The zero-order chi connectivity index (χ0) is 11.5. The minimum absolute atomic E-state index is 0.104. The largest absolute Gasteiger partial charge is 0.326 e. The lowest BCUT2D eigenvalue weighted by Gasteiger charge is -2.08. The van der Waals surface area contributed by atoms with E-state index in [1.807, 2.05) is 6.07 Å². The van der Waals surface area contributed by atoms with Gasteiger partial charge in [-0.15, -0.1) is 0 Å². The number of carbonyl (C=O) groups excluding carboxylic acids is 1. The van der Waals surface area contributed by atoms with Crippen LogP contribution in [0.25, 0.3) is 0 Å². The maximum atomic E-state index is 11.2. The average molecular weight is 218 g/mol. The van der Waals surface area contributed by atoms with Crippen LogP contribution in [0.3, 0.4) is 0 Å². The van der Waals surface area contributed by atoms with Crippen molar-refractivity contribution in [1.29, 1.82) is 0 Å². The van der Waals surface area contributed by atoms with Crippen molar-refractivity contribution in [2.24, 2.45) is 0 Å². The standard InChI is InChI=1S/C13H18N2O/c1-9(2)14-6-5-10-3-4-12-11(7-10)8-13(16)15-12/h3-4,7,9,14H,5-6,8H2,1-2H3,(H,15,16). The summed E-state index contributed by atoms with van der Waals surface area (Å²) in [6.07, 6.45) is 1.54. The Balaban J connectivity index is 1.97. The summed E-state index contributed by atoms with van der Waals surface area (Å²) in [5.74, 6) is 0.104. The monoisotopic (exact) mass is 218 g/mol. The Labute approximate surface area is 96.2 Å². The summed E-state index contributed by atoms with van der Waals surface area (Å²) in [5, 5.41) is 6.23. The molecular formula is C13H18N2O. The Hall–Kier alpha value is -1.35. The van der Waals surface area contributed by atoms with E-state index < -0.39 is 0 Å². The van der Waals surface area contributed by atoms with Crippen LogP contribution in [0.5, 0.6) is 0 Å². The molecule has 0 saturated carbocycles. The van der Waals surface area contributed by atoms with Crippen molar-refractivity contribution in [2.75, 3.05) is 11.9 Å². The molecule has 1 aliphatic heterocycles. The van der Waals surface area contributed by atoms with Crippen molar-refractivity contribution in [1.82, 2.24) is 5.32 Å².